The Hall–Kier alpha value is -0.740. The molecule has 0 saturated carbocycles. The Balaban J connectivity index is 3.02. The van der Waals surface area contributed by atoms with Gasteiger partial charge in [0.05, 0.1) is 11.5 Å². The van der Waals surface area contributed by atoms with Crippen molar-refractivity contribution < 1.29 is 13.2 Å². The van der Waals surface area contributed by atoms with Crippen molar-refractivity contribution in [3.63, 3.8) is 0 Å². The number of aryl methyl sites for hydroxylation is 2. The monoisotopic (exact) mass is 276 g/mol. The Morgan fingerprint density at radius 3 is 2.18 bits per heavy atom. The molecule has 1 aromatic rings. The third-order valence-electron chi connectivity index (χ3n) is 2.44. The van der Waals surface area contributed by atoms with Crippen LogP contribution >= 0.6 is 10.7 Å². The maximum absolute atomic E-state index is 11.4. The van der Waals surface area contributed by atoms with Gasteiger partial charge in [-0.3, -0.25) is 0 Å². The highest BCUT2D eigenvalue weighted by atomic mass is 35.7. The molecule has 0 fully saturated rings. The second-order valence-corrected chi connectivity index (χ2v) is 6.53. The molecular formula is C12H17ClO3S. The van der Waals surface area contributed by atoms with Crippen LogP contribution < -0.4 is 4.74 Å². The molecule has 0 unspecified atom stereocenters. The van der Waals surface area contributed by atoms with E-state index in [1.165, 1.54) is 0 Å². The molecule has 96 valence electrons. The van der Waals surface area contributed by atoms with Crippen molar-refractivity contribution in [2.24, 2.45) is 0 Å². The van der Waals surface area contributed by atoms with E-state index in [1.54, 1.807) is 26.0 Å². The fourth-order valence-electron chi connectivity index (χ4n) is 1.71. The Morgan fingerprint density at radius 1 is 1.24 bits per heavy atom. The maximum atomic E-state index is 11.4. The van der Waals surface area contributed by atoms with E-state index in [-0.39, 0.29) is 4.90 Å². The molecule has 3 nitrogen and oxygen atoms in total. The van der Waals surface area contributed by atoms with Crippen molar-refractivity contribution in [1.82, 2.24) is 0 Å². The normalized spacial score (nSPS) is 11.5. The molecule has 0 heterocycles. The van der Waals surface area contributed by atoms with E-state index in [0.29, 0.717) is 23.5 Å². The molecule has 0 radical (unpaired) electrons. The van der Waals surface area contributed by atoms with E-state index >= 15 is 0 Å². The van der Waals surface area contributed by atoms with Crippen molar-refractivity contribution in [2.45, 2.75) is 38.5 Å². The van der Waals surface area contributed by atoms with Crippen LogP contribution in [0, 0.1) is 13.8 Å². The lowest BCUT2D eigenvalue weighted by Gasteiger charge is -2.11. The van der Waals surface area contributed by atoms with Gasteiger partial charge in [-0.1, -0.05) is 13.3 Å². The molecule has 5 heteroatoms. The standard InChI is InChI=1S/C12H17ClO3S/c1-4-5-6-16-11-7-9(2)12(10(3)8-11)17(13,14)15/h7-8H,4-6H2,1-3H3. The van der Waals surface area contributed by atoms with Gasteiger partial charge < -0.3 is 4.74 Å². The van der Waals surface area contributed by atoms with Gasteiger partial charge in [-0.05, 0) is 43.5 Å². The number of unbranched alkanes of at least 4 members (excludes halogenated alkanes) is 1. The second-order valence-electron chi connectivity index (χ2n) is 4.03. The smallest absolute Gasteiger partial charge is 0.261 e. The lowest BCUT2D eigenvalue weighted by molar-refractivity contribution is 0.309. The summed E-state index contributed by atoms with van der Waals surface area (Å²) in [5.74, 6) is 0.692. The molecule has 1 rings (SSSR count). The molecule has 0 aromatic heterocycles. The first-order valence-corrected chi connectivity index (χ1v) is 7.86. The minimum Gasteiger partial charge on any atom is -0.494 e. The average molecular weight is 277 g/mol. The number of ether oxygens (including phenoxy) is 1. The van der Waals surface area contributed by atoms with Crippen LogP contribution in [0.4, 0.5) is 0 Å². The summed E-state index contributed by atoms with van der Waals surface area (Å²) in [5, 5.41) is 0. The third-order valence-corrected chi connectivity index (χ3v) is 4.04. The summed E-state index contributed by atoms with van der Waals surface area (Å²) in [7, 11) is 1.69. The highest BCUT2D eigenvalue weighted by Crippen LogP contribution is 2.28. The van der Waals surface area contributed by atoms with Gasteiger partial charge in [-0.2, -0.15) is 0 Å². The predicted octanol–water partition coefficient (Wildman–Crippen LogP) is 3.41. The van der Waals surface area contributed by atoms with Gasteiger partial charge >= 0.3 is 0 Å². The van der Waals surface area contributed by atoms with E-state index < -0.39 is 9.05 Å². The van der Waals surface area contributed by atoms with Crippen LogP contribution in [0.1, 0.15) is 30.9 Å². The van der Waals surface area contributed by atoms with Crippen LogP contribution in [0.3, 0.4) is 0 Å². The van der Waals surface area contributed by atoms with Gasteiger partial charge in [-0.25, -0.2) is 8.42 Å². The number of hydrogen-bond acceptors (Lipinski definition) is 3. The van der Waals surface area contributed by atoms with Crippen LogP contribution in [0.15, 0.2) is 17.0 Å². The van der Waals surface area contributed by atoms with Gasteiger partial charge in [0.1, 0.15) is 5.75 Å². The minimum atomic E-state index is -3.69. The summed E-state index contributed by atoms with van der Waals surface area (Å²) in [5.41, 5.74) is 1.23. The Labute approximate surface area is 107 Å². The molecule has 17 heavy (non-hydrogen) atoms. The number of rotatable bonds is 5. The van der Waals surface area contributed by atoms with Crippen LogP contribution in [-0.2, 0) is 9.05 Å². The predicted molar refractivity (Wildman–Crippen MR) is 69.4 cm³/mol. The van der Waals surface area contributed by atoms with Gasteiger partial charge in [0.15, 0.2) is 0 Å². The molecule has 0 atom stereocenters. The Bertz CT molecular complexity index is 471. The third kappa shape index (κ3) is 3.89. The van der Waals surface area contributed by atoms with Crippen LogP contribution in [0.2, 0.25) is 0 Å². The van der Waals surface area contributed by atoms with Gasteiger partial charge in [-0.15, -0.1) is 0 Å². The summed E-state index contributed by atoms with van der Waals surface area (Å²) < 4.78 is 28.3. The first-order chi connectivity index (χ1) is 7.86. The van der Waals surface area contributed by atoms with Gasteiger partial charge in [0, 0.05) is 10.7 Å². The zero-order valence-corrected chi connectivity index (χ0v) is 11.9. The van der Waals surface area contributed by atoms with Crippen molar-refractivity contribution in [1.29, 1.82) is 0 Å². The number of halogens is 1. The summed E-state index contributed by atoms with van der Waals surface area (Å²) in [4.78, 5) is 0.182. The molecule has 0 N–H and O–H groups in total. The molecule has 1 aromatic carbocycles. The van der Waals surface area contributed by atoms with Crippen molar-refractivity contribution in [2.75, 3.05) is 6.61 Å². The molecule has 0 aliphatic heterocycles. The molecule has 0 amide bonds. The Kier molecular flexibility index (Phi) is 4.83. The van der Waals surface area contributed by atoms with Crippen LogP contribution in [0.5, 0.6) is 5.75 Å². The zero-order chi connectivity index (χ0) is 13.1. The zero-order valence-electron chi connectivity index (χ0n) is 10.3. The molecule has 0 bridgehead atoms. The van der Waals surface area contributed by atoms with Gasteiger partial charge in [0.25, 0.3) is 9.05 Å². The lowest BCUT2D eigenvalue weighted by atomic mass is 10.1. The van der Waals surface area contributed by atoms with E-state index in [0.717, 1.165) is 12.8 Å². The first-order valence-electron chi connectivity index (χ1n) is 5.55. The highest BCUT2D eigenvalue weighted by molar-refractivity contribution is 8.13. The second kappa shape index (κ2) is 5.74. The molecule has 0 saturated heterocycles. The van der Waals surface area contributed by atoms with E-state index in [9.17, 15) is 8.42 Å². The minimum absolute atomic E-state index is 0.182. The summed E-state index contributed by atoms with van der Waals surface area (Å²) >= 11 is 0. The molecule has 0 aliphatic rings. The Morgan fingerprint density at radius 2 is 1.76 bits per heavy atom. The van der Waals surface area contributed by atoms with Crippen molar-refractivity contribution >= 4 is 19.7 Å². The quantitative estimate of drug-likeness (QED) is 0.611. The largest absolute Gasteiger partial charge is 0.494 e. The molecule has 0 spiro atoms. The molecular weight excluding hydrogens is 260 g/mol. The first kappa shape index (κ1) is 14.3. The van der Waals surface area contributed by atoms with E-state index in [4.69, 9.17) is 15.4 Å². The fourth-order valence-corrected chi connectivity index (χ4v) is 3.33. The van der Waals surface area contributed by atoms with Crippen molar-refractivity contribution in [3.8, 4) is 5.75 Å². The summed E-state index contributed by atoms with van der Waals surface area (Å²) in [6.07, 6.45) is 2.04. The molecule has 0 aliphatic carbocycles. The SMILES string of the molecule is CCCCOc1cc(C)c(S(=O)(=O)Cl)c(C)c1. The number of benzene rings is 1. The van der Waals surface area contributed by atoms with E-state index in [2.05, 4.69) is 6.92 Å². The lowest BCUT2D eigenvalue weighted by Crippen LogP contribution is -2.02. The van der Waals surface area contributed by atoms with Crippen molar-refractivity contribution in [3.05, 3.63) is 23.3 Å². The average Bonchev–Trinajstić information content (AvgIpc) is 2.14. The topological polar surface area (TPSA) is 43.4 Å². The highest BCUT2D eigenvalue weighted by Gasteiger charge is 2.17. The fraction of sp³-hybridized carbons (Fsp3) is 0.500. The van der Waals surface area contributed by atoms with Gasteiger partial charge in [0.2, 0.25) is 0 Å². The van der Waals surface area contributed by atoms with Crippen LogP contribution in [0.25, 0.3) is 0 Å². The van der Waals surface area contributed by atoms with Crippen LogP contribution in [-0.4, -0.2) is 15.0 Å². The summed E-state index contributed by atoms with van der Waals surface area (Å²) in [6.45, 7) is 6.16. The maximum Gasteiger partial charge on any atom is 0.261 e. The van der Waals surface area contributed by atoms with E-state index in [1.807, 2.05) is 0 Å². The summed E-state index contributed by atoms with van der Waals surface area (Å²) in [6, 6.07) is 3.41. The number of hydrogen-bond donors (Lipinski definition) is 0.